The lowest BCUT2D eigenvalue weighted by atomic mass is 10.0. The number of amides is 1. The Bertz CT molecular complexity index is 938. The van der Waals surface area contributed by atoms with Gasteiger partial charge in [0, 0.05) is 22.3 Å². The highest BCUT2D eigenvalue weighted by Gasteiger charge is 2.12. The smallest absolute Gasteiger partial charge is 0.251 e. The van der Waals surface area contributed by atoms with E-state index in [9.17, 15) is 9.59 Å². The van der Waals surface area contributed by atoms with Gasteiger partial charge in [0.1, 0.15) is 6.54 Å². The van der Waals surface area contributed by atoms with Crippen molar-refractivity contribution in [3.05, 3.63) is 63.0 Å². The van der Waals surface area contributed by atoms with Gasteiger partial charge in [0.2, 0.25) is 11.7 Å². The number of carbonyl (C=O) groups is 1. The van der Waals surface area contributed by atoms with Crippen molar-refractivity contribution >= 4 is 21.8 Å². The third-order valence-electron chi connectivity index (χ3n) is 3.63. The molecule has 0 saturated carbocycles. The van der Waals surface area contributed by atoms with E-state index in [0.29, 0.717) is 5.82 Å². The molecule has 0 fully saturated rings. The Morgan fingerprint density at radius 3 is 2.96 bits per heavy atom. The first-order valence-corrected chi connectivity index (χ1v) is 8.31. The molecule has 128 valence electrons. The van der Waals surface area contributed by atoms with Gasteiger partial charge in [-0.2, -0.15) is 5.21 Å². The van der Waals surface area contributed by atoms with Crippen molar-refractivity contribution < 1.29 is 4.79 Å². The highest BCUT2D eigenvalue weighted by molar-refractivity contribution is 9.10. The zero-order valence-electron chi connectivity index (χ0n) is 13.3. The minimum atomic E-state index is -0.252. The summed E-state index contributed by atoms with van der Waals surface area (Å²) in [6.45, 7) is 1.82. The molecule has 8 nitrogen and oxygen atoms in total. The summed E-state index contributed by atoms with van der Waals surface area (Å²) in [6, 6.07) is 10.3. The van der Waals surface area contributed by atoms with E-state index in [1.54, 1.807) is 12.3 Å². The number of carbonyl (C=O) groups excluding carboxylic acids is 1. The van der Waals surface area contributed by atoms with Crippen LogP contribution < -0.4 is 10.9 Å². The number of benzene rings is 1. The first kappa shape index (κ1) is 17.0. The van der Waals surface area contributed by atoms with Crippen molar-refractivity contribution in [2.45, 2.75) is 19.5 Å². The summed E-state index contributed by atoms with van der Waals surface area (Å²) in [5.41, 5.74) is 1.47. The van der Waals surface area contributed by atoms with Crippen LogP contribution in [0.5, 0.6) is 0 Å². The zero-order chi connectivity index (χ0) is 17.8. The van der Waals surface area contributed by atoms with Crippen LogP contribution in [-0.4, -0.2) is 31.1 Å². The van der Waals surface area contributed by atoms with Gasteiger partial charge >= 0.3 is 0 Å². The molecule has 1 amide bonds. The Hall–Kier alpha value is -2.81. The molecule has 0 spiro atoms. The van der Waals surface area contributed by atoms with Crippen LogP contribution in [0.1, 0.15) is 18.5 Å². The van der Waals surface area contributed by atoms with Gasteiger partial charge in [0.05, 0.1) is 6.04 Å². The monoisotopic (exact) mass is 402 g/mol. The number of hydrogen-bond acceptors (Lipinski definition) is 5. The summed E-state index contributed by atoms with van der Waals surface area (Å²) in [7, 11) is 0. The van der Waals surface area contributed by atoms with Gasteiger partial charge in [-0.25, -0.2) is 0 Å². The molecule has 0 saturated heterocycles. The van der Waals surface area contributed by atoms with Crippen LogP contribution >= 0.6 is 15.9 Å². The second-order valence-electron chi connectivity index (χ2n) is 5.46. The number of aromatic nitrogens is 5. The largest absolute Gasteiger partial charge is 0.348 e. The highest BCUT2D eigenvalue weighted by atomic mass is 79.9. The fourth-order valence-electron chi connectivity index (χ4n) is 2.38. The zero-order valence-corrected chi connectivity index (χ0v) is 14.9. The summed E-state index contributed by atoms with van der Waals surface area (Å²) >= 11 is 3.29. The first-order valence-electron chi connectivity index (χ1n) is 7.52. The number of hydrogen-bond donors (Lipinski definition) is 2. The molecule has 9 heteroatoms. The van der Waals surface area contributed by atoms with Gasteiger partial charge in [0.25, 0.3) is 5.56 Å². The lowest BCUT2D eigenvalue weighted by Crippen LogP contribution is -2.33. The number of H-pyrrole nitrogens is 1. The standard InChI is InChI=1S/C16H15BrN6O2/c1-10(11-3-2-4-12(7-11)16-19-21-22-20-16)18-14(24)9-23-8-13(17)5-6-15(23)25/h2-8,10H,9H2,1H3,(H,18,24)(H,19,20,21,22)/t10-/m0/s1. The third-order valence-corrected chi connectivity index (χ3v) is 4.10. The van der Waals surface area contributed by atoms with Crippen LogP contribution in [0, 0.1) is 0 Å². The predicted molar refractivity (Wildman–Crippen MR) is 94.6 cm³/mol. The van der Waals surface area contributed by atoms with Crippen LogP contribution in [0.2, 0.25) is 0 Å². The number of nitrogens with zero attached hydrogens (tertiary/aromatic N) is 4. The highest BCUT2D eigenvalue weighted by Crippen LogP contribution is 2.19. The Labute approximate surface area is 151 Å². The molecule has 0 aliphatic rings. The molecule has 0 bridgehead atoms. The number of rotatable bonds is 5. The lowest BCUT2D eigenvalue weighted by Gasteiger charge is -2.15. The predicted octanol–water partition coefficient (Wildman–Crippen LogP) is 1.67. The van der Waals surface area contributed by atoms with E-state index >= 15 is 0 Å². The summed E-state index contributed by atoms with van der Waals surface area (Å²) in [5, 5.41) is 16.7. The number of aromatic amines is 1. The molecular formula is C16H15BrN6O2. The minimum Gasteiger partial charge on any atom is -0.348 e. The molecule has 2 heterocycles. The van der Waals surface area contributed by atoms with E-state index in [-0.39, 0.29) is 24.1 Å². The van der Waals surface area contributed by atoms with E-state index in [1.807, 2.05) is 31.2 Å². The van der Waals surface area contributed by atoms with Gasteiger partial charge in [-0.1, -0.05) is 18.2 Å². The van der Waals surface area contributed by atoms with Gasteiger partial charge < -0.3 is 9.88 Å². The van der Waals surface area contributed by atoms with E-state index < -0.39 is 0 Å². The second kappa shape index (κ2) is 7.39. The molecule has 2 aromatic heterocycles. The molecule has 25 heavy (non-hydrogen) atoms. The van der Waals surface area contributed by atoms with Gasteiger partial charge in [-0.15, -0.1) is 10.2 Å². The molecule has 1 aromatic carbocycles. The van der Waals surface area contributed by atoms with Crippen LogP contribution in [-0.2, 0) is 11.3 Å². The number of tetrazole rings is 1. The maximum Gasteiger partial charge on any atom is 0.251 e. The second-order valence-corrected chi connectivity index (χ2v) is 6.38. The molecule has 3 rings (SSSR count). The minimum absolute atomic E-state index is 0.0485. The summed E-state index contributed by atoms with van der Waals surface area (Å²) in [4.78, 5) is 24.0. The molecule has 3 aromatic rings. The van der Waals surface area contributed by atoms with Gasteiger partial charge in [-0.3, -0.25) is 9.59 Å². The number of pyridine rings is 1. The number of halogens is 1. The van der Waals surface area contributed by atoms with E-state index in [4.69, 9.17) is 0 Å². The molecule has 0 aliphatic carbocycles. The van der Waals surface area contributed by atoms with Crippen molar-refractivity contribution in [1.82, 2.24) is 30.5 Å². The summed E-state index contributed by atoms with van der Waals surface area (Å²) < 4.78 is 2.09. The number of nitrogens with one attached hydrogen (secondary N) is 2. The fourth-order valence-corrected chi connectivity index (χ4v) is 2.76. The molecule has 2 N–H and O–H groups in total. The van der Waals surface area contributed by atoms with Crippen molar-refractivity contribution in [3.63, 3.8) is 0 Å². The maximum absolute atomic E-state index is 12.2. The van der Waals surface area contributed by atoms with Crippen molar-refractivity contribution in [3.8, 4) is 11.4 Å². The average molecular weight is 403 g/mol. The quantitative estimate of drug-likeness (QED) is 0.674. The molecular weight excluding hydrogens is 388 g/mol. The van der Waals surface area contributed by atoms with Crippen LogP contribution in [0.25, 0.3) is 11.4 Å². The van der Waals surface area contributed by atoms with E-state index in [2.05, 4.69) is 41.9 Å². The van der Waals surface area contributed by atoms with E-state index in [1.165, 1.54) is 10.6 Å². The topological polar surface area (TPSA) is 106 Å². The molecule has 1 atom stereocenters. The Balaban J connectivity index is 1.70. The summed E-state index contributed by atoms with van der Waals surface area (Å²) in [5.74, 6) is 0.235. The SMILES string of the molecule is C[C@H](NC(=O)Cn1cc(Br)ccc1=O)c1cccc(-c2nn[nH]n2)c1. The maximum atomic E-state index is 12.2. The molecule has 0 radical (unpaired) electrons. The normalized spacial score (nSPS) is 11.9. The van der Waals surface area contributed by atoms with Crippen molar-refractivity contribution in [1.29, 1.82) is 0 Å². The summed E-state index contributed by atoms with van der Waals surface area (Å²) in [6.07, 6.45) is 1.59. The van der Waals surface area contributed by atoms with Crippen molar-refractivity contribution in [2.75, 3.05) is 0 Å². The third kappa shape index (κ3) is 4.18. The molecule has 0 aliphatic heterocycles. The Morgan fingerprint density at radius 2 is 2.20 bits per heavy atom. The van der Waals surface area contributed by atoms with Gasteiger partial charge in [0.15, 0.2) is 0 Å². The lowest BCUT2D eigenvalue weighted by molar-refractivity contribution is -0.122. The average Bonchev–Trinajstić information content (AvgIpc) is 3.13. The van der Waals surface area contributed by atoms with Crippen LogP contribution in [0.15, 0.2) is 51.9 Å². The Kier molecular flexibility index (Phi) is 5.03. The molecule has 0 unspecified atom stereocenters. The fraction of sp³-hybridized carbons (Fsp3) is 0.188. The van der Waals surface area contributed by atoms with Crippen LogP contribution in [0.3, 0.4) is 0 Å². The van der Waals surface area contributed by atoms with Crippen molar-refractivity contribution in [2.24, 2.45) is 0 Å². The van der Waals surface area contributed by atoms with Crippen LogP contribution in [0.4, 0.5) is 0 Å². The Morgan fingerprint density at radius 1 is 1.36 bits per heavy atom. The van der Waals surface area contributed by atoms with Gasteiger partial charge in [-0.05, 0) is 45.8 Å². The van der Waals surface area contributed by atoms with E-state index in [0.717, 1.165) is 15.6 Å². The first-order chi connectivity index (χ1) is 12.0.